The maximum Gasteiger partial charge on any atom is 0.428 e. The van der Waals surface area contributed by atoms with E-state index in [1.807, 2.05) is 0 Å². The number of nitrogens with one attached hydrogen (secondary N) is 1. The first-order valence-electron chi connectivity index (χ1n) is 5.13. The average Bonchev–Trinajstić information content (AvgIpc) is 2.68. The van der Waals surface area contributed by atoms with Crippen LogP contribution in [0.4, 0.5) is 9.18 Å². The van der Waals surface area contributed by atoms with Crippen molar-refractivity contribution in [1.29, 1.82) is 0 Å². The van der Waals surface area contributed by atoms with Crippen molar-refractivity contribution in [3.8, 4) is 0 Å². The van der Waals surface area contributed by atoms with Gasteiger partial charge in [-0.3, -0.25) is 10.2 Å². The molecule has 90 valence electrons. The minimum absolute atomic E-state index is 0.0874. The van der Waals surface area contributed by atoms with Gasteiger partial charge in [0.15, 0.2) is 0 Å². The van der Waals surface area contributed by atoms with Gasteiger partial charge in [0.25, 0.3) is 0 Å². The number of carbonyl (C=O) groups excluding carboxylic acids is 2. The number of halogens is 1. The van der Waals surface area contributed by atoms with Crippen molar-refractivity contribution >= 4 is 12.0 Å². The number of carbonyl (C=O) groups is 2. The Hall–Kier alpha value is -2.11. The summed E-state index contributed by atoms with van der Waals surface area (Å²) in [6.07, 6.45) is -0.471. The minimum atomic E-state index is -0.558. The molecule has 1 saturated heterocycles. The van der Waals surface area contributed by atoms with Gasteiger partial charge in [-0.15, -0.1) is 0 Å². The molecule has 1 aliphatic rings. The molecule has 2 amide bonds. The summed E-state index contributed by atoms with van der Waals surface area (Å²) in [4.78, 5) is 22.6. The normalized spacial score (nSPS) is 14.6. The van der Waals surface area contributed by atoms with Gasteiger partial charge in [0.2, 0.25) is 5.91 Å². The third-order valence-electron chi connectivity index (χ3n) is 2.30. The van der Waals surface area contributed by atoms with Crippen LogP contribution < -0.4 is 5.43 Å². The van der Waals surface area contributed by atoms with E-state index in [0.29, 0.717) is 12.1 Å². The van der Waals surface area contributed by atoms with E-state index in [1.165, 1.54) is 24.3 Å². The second-order valence-electron chi connectivity index (χ2n) is 3.60. The number of rotatable bonds is 3. The lowest BCUT2D eigenvalue weighted by atomic mass is 10.1. The van der Waals surface area contributed by atoms with E-state index >= 15 is 0 Å². The number of benzene rings is 1. The number of nitrogens with zero attached hydrogens (tertiary/aromatic N) is 1. The summed E-state index contributed by atoms with van der Waals surface area (Å²) >= 11 is 0. The van der Waals surface area contributed by atoms with Crippen LogP contribution in [-0.4, -0.2) is 30.2 Å². The fraction of sp³-hybridized carbons (Fsp3) is 0.273. The standard InChI is InChI=1S/C11H11FN2O3/c12-9-3-1-8(2-4-9)7-10(15)13-14-5-6-17-11(14)16/h1-4H,5-7H2,(H,13,15). The van der Waals surface area contributed by atoms with Gasteiger partial charge in [0.05, 0.1) is 13.0 Å². The third-order valence-corrected chi connectivity index (χ3v) is 2.30. The summed E-state index contributed by atoms with van der Waals surface area (Å²) in [5.41, 5.74) is 3.10. The molecule has 0 aliphatic carbocycles. The van der Waals surface area contributed by atoms with Gasteiger partial charge in [0, 0.05) is 0 Å². The molecule has 0 unspecified atom stereocenters. The summed E-state index contributed by atoms with van der Waals surface area (Å²) in [6, 6.07) is 5.62. The van der Waals surface area contributed by atoms with Crippen LogP contribution in [0.1, 0.15) is 5.56 Å². The first-order valence-corrected chi connectivity index (χ1v) is 5.13. The molecule has 6 heteroatoms. The highest BCUT2D eigenvalue weighted by atomic mass is 19.1. The monoisotopic (exact) mass is 238 g/mol. The van der Waals surface area contributed by atoms with E-state index in [1.54, 1.807) is 0 Å². The quantitative estimate of drug-likeness (QED) is 0.849. The lowest BCUT2D eigenvalue weighted by Crippen LogP contribution is -2.43. The van der Waals surface area contributed by atoms with Crippen molar-refractivity contribution < 1.29 is 18.7 Å². The zero-order valence-electron chi connectivity index (χ0n) is 8.98. The van der Waals surface area contributed by atoms with E-state index in [9.17, 15) is 14.0 Å². The molecule has 1 heterocycles. The fourth-order valence-electron chi connectivity index (χ4n) is 1.47. The van der Waals surface area contributed by atoms with Crippen LogP contribution in [-0.2, 0) is 16.0 Å². The van der Waals surface area contributed by atoms with Crippen molar-refractivity contribution in [2.24, 2.45) is 0 Å². The molecular formula is C11H11FN2O3. The Morgan fingerprint density at radius 1 is 1.41 bits per heavy atom. The van der Waals surface area contributed by atoms with Crippen LogP contribution >= 0.6 is 0 Å². The summed E-state index contributed by atoms with van der Waals surface area (Å²) in [5.74, 6) is -0.687. The predicted molar refractivity (Wildman–Crippen MR) is 56.3 cm³/mol. The highest BCUT2D eigenvalue weighted by Gasteiger charge is 2.23. The zero-order chi connectivity index (χ0) is 12.3. The van der Waals surface area contributed by atoms with Crippen LogP contribution in [0.2, 0.25) is 0 Å². The Bertz CT molecular complexity index is 433. The number of hydrazine groups is 1. The number of amides is 2. The molecule has 1 aromatic rings. The van der Waals surface area contributed by atoms with Crippen molar-refractivity contribution in [3.63, 3.8) is 0 Å². The molecule has 1 fully saturated rings. The lowest BCUT2D eigenvalue weighted by Gasteiger charge is -2.13. The summed E-state index contributed by atoms with van der Waals surface area (Å²) < 4.78 is 17.3. The second-order valence-corrected chi connectivity index (χ2v) is 3.60. The van der Waals surface area contributed by atoms with E-state index in [0.717, 1.165) is 5.01 Å². The first kappa shape index (κ1) is 11.4. The molecule has 0 saturated carbocycles. The summed E-state index contributed by atoms with van der Waals surface area (Å²) in [5, 5.41) is 1.12. The van der Waals surface area contributed by atoms with Crippen LogP contribution in [0, 0.1) is 5.82 Å². The smallest absolute Gasteiger partial charge is 0.428 e. The molecule has 0 radical (unpaired) electrons. The number of hydrogen-bond donors (Lipinski definition) is 1. The zero-order valence-corrected chi connectivity index (χ0v) is 8.98. The van der Waals surface area contributed by atoms with Gasteiger partial charge >= 0.3 is 6.09 Å². The van der Waals surface area contributed by atoms with Gasteiger partial charge in [-0.1, -0.05) is 12.1 Å². The van der Waals surface area contributed by atoms with Gasteiger partial charge in [-0.2, -0.15) is 0 Å². The third kappa shape index (κ3) is 2.93. The van der Waals surface area contributed by atoms with Crippen molar-refractivity contribution in [2.45, 2.75) is 6.42 Å². The van der Waals surface area contributed by atoms with Gasteiger partial charge in [-0.25, -0.2) is 14.2 Å². The molecule has 0 spiro atoms. The Morgan fingerprint density at radius 3 is 2.71 bits per heavy atom. The molecule has 0 atom stereocenters. The Morgan fingerprint density at radius 2 is 2.12 bits per heavy atom. The highest BCUT2D eigenvalue weighted by molar-refractivity contribution is 5.81. The molecule has 1 aliphatic heterocycles. The second kappa shape index (κ2) is 4.82. The highest BCUT2D eigenvalue weighted by Crippen LogP contribution is 2.04. The van der Waals surface area contributed by atoms with Crippen molar-refractivity contribution in [3.05, 3.63) is 35.6 Å². The average molecular weight is 238 g/mol. The van der Waals surface area contributed by atoms with Gasteiger partial charge in [0.1, 0.15) is 12.4 Å². The summed E-state index contributed by atoms with van der Waals surface area (Å²) in [7, 11) is 0. The Labute approximate surface area is 97.1 Å². The molecule has 1 aromatic carbocycles. The maximum absolute atomic E-state index is 12.6. The molecular weight excluding hydrogens is 227 g/mol. The van der Waals surface area contributed by atoms with Crippen LogP contribution in [0.3, 0.4) is 0 Å². The Balaban J connectivity index is 1.88. The van der Waals surface area contributed by atoms with Gasteiger partial charge < -0.3 is 4.74 Å². The summed E-state index contributed by atoms with van der Waals surface area (Å²) in [6.45, 7) is 0.615. The lowest BCUT2D eigenvalue weighted by molar-refractivity contribution is -0.123. The minimum Gasteiger partial charge on any atom is -0.446 e. The number of ether oxygens (including phenoxy) is 1. The largest absolute Gasteiger partial charge is 0.446 e. The molecule has 0 bridgehead atoms. The van der Waals surface area contributed by atoms with Crippen molar-refractivity contribution in [1.82, 2.24) is 10.4 Å². The topological polar surface area (TPSA) is 58.6 Å². The molecule has 0 aromatic heterocycles. The maximum atomic E-state index is 12.6. The van der Waals surface area contributed by atoms with Crippen LogP contribution in [0.5, 0.6) is 0 Å². The van der Waals surface area contributed by atoms with E-state index in [-0.39, 0.29) is 24.8 Å². The van der Waals surface area contributed by atoms with Crippen LogP contribution in [0.15, 0.2) is 24.3 Å². The van der Waals surface area contributed by atoms with Gasteiger partial charge in [-0.05, 0) is 17.7 Å². The predicted octanol–water partition coefficient (Wildman–Crippen LogP) is 0.852. The van der Waals surface area contributed by atoms with E-state index in [4.69, 9.17) is 0 Å². The molecule has 2 rings (SSSR count). The Kier molecular flexibility index (Phi) is 3.22. The van der Waals surface area contributed by atoms with E-state index in [2.05, 4.69) is 10.2 Å². The number of cyclic esters (lactones) is 1. The van der Waals surface area contributed by atoms with E-state index < -0.39 is 6.09 Å². The van der Waals surface area contributed by atoms with Crippen LogP contribution in [0.25, 0.3) is 0 Å². The van der Waals surface area contributed by atoms with Crippen molar-refractivity contribution in [2.75, 3.05) is 13.2 Å². The fourth-order valence-corrected chi connectivity index (χ4v) is 1.47. The number of hydrogen-bond acceptors (Lipinski definition) is 3. The first-order chi connectivity index (χ1) is 8.15. The molecule has 5 nitrogen and oxygen atoms in total. The SMILES string of the molecule is O=C(Cc1ccc(F)cc1)NN1CCOC1=O. The molecule has 1 N–H and O–H groups in total. The molecule has 17 heavy (non-hydrogen) atoms.